The average Bonchev–Trinajstić information content (AvgIpc) is 2.39. The number of likely N-dealkylation sites (N-methyl/N-ethyl adjacent to an activating group) is 1. The van der Waals surface area contributed by atoms with E-state index in [1.807, 2.05) is 33.0 Å². The molecule has 1 heterocycles. The van der Waals surface area contributed by atoms with Crippen molar-refractivity contribution in [3.8, 4) is 0 Å². The summed E-state index contributed by atoms with van der Waals surface area (Å²) in [6.45, 7) is 5.70. The number of sulfonamides is 1. The Hall–Kier alpha value is -0.950. The molecule has 0 saturated carbocycles. The average molecular weight is 298 g/mol. The van der Waals surface area contributed by atoms with Crippen LogP contribution in [0.2, 0.25) is 0 Å². The molecule has 1 aliphatic heterocycles. The molecule has 6 heteroatoms. The van der Waals surface area contributed by atoms with Crippen molar-refractivity contribution < 1.29 is 13.2 Å². The number of rotatable bonds is 4. The first-order valence-electron chi connectivity index (χ1n) is 6.78. The van der Waals surface area contributed by atoms with Crippen LogP contribution in [0.5, 0.6) is 0 Å². The van der Waals surface area contributed by atoms with E-state index in [0.29, 0.717) is 31.1 Å². The SMILES string of the molecule is CNCC1CN(S(=O)(=O)c2ccc(C)cc2C)CCO1. The van der Waals surface area contributed by atoms with Crippen LogP contribution in [0.15, 0.2) is 23.1 Å². The Kier molecular flexibility index (Phi) is 4.80. The van der Waals surface area contributed by atoms with Crippen molar-refractivity contribution in [3.63, 3.8) is 0 Å². The third-order valence-electron chi connectivity index (χ3n) is 3.48. The molecule has 112 valence electrons. The van der Waals surface area contributed by atoms with Gasteiger partial charge in [0.05, 0.1) is 17.6 Å². The summed E-state index contributed by atoms with van der Waals surface area (Å²) in [5.41, 5.74) is 1.86. The van der Waals surface area contributed by atoms with E-state index in [9.17, 15) is 8.42 Å². The van der Waals surface area contributed by atoms with Gasteiger partial charge in [0, 0.05) is 19.6 Å². The lowest BCUT2D eigenvalue weighted by Gasteiger charge is -2.32. The molecule has 20 heavy (non-hydrogen) atoms. The molecule has 1 fully saturated rings. The molecule has 1 saturated heterocycles. The monoisotopic (exact) mass is 298 g/mol. The molecule has 0 radical (unpaired) electrons. The van der Waals surface area contributed by atoms with Gasteiger partial charge in [-0.25, -0.2) is 8.42 Å². The zero-order chi connectivity index (χ0) is 14.8. The second-order valence-corrected chi connectivity index (χ2v) is 7.09. The van der Waals surface area contributed by atoms with Gasteiger partial charge in [-0.3, -0.25) is 0 Å². The maximum Gasteiger partial charge on any atom is 0.243 e. The third kappa shape index (κ3) is 3.20. The van der Waals surface area contributed by atoms with Gasteiger partial charge in [-0.15, -0.1) is 0 Å². The Morgan fingerprint density at radius 1 is 1.40 bits per heavy atom. The Morgan fingerprint density at radius 2 is 2.15 bits per heavy atom. The van der Waals surface area contributed by atoms with Gasteiger partial charge in [0.25, 0.3) is 0 Å². The summed E-state index contributed by atoms with van der Waals surface area (Å²) in [5, 5.41) is 3.02. The van der Waals surface area contributed by atoms with Gasteiger partial charge in [-0.05, 0) is 32.5 Å². The molecule has 2 rings (SSSR count). The van der Waals surface area contributed by atoms with Gasteiger partial charge >= 0.3 is 0 Å². The van der Waals surface area contributed by atoms with E-state index in [-0.39, 0.29) is 6.10 Å². The fourth-order valence-electron chi connectivity index (χ4n) is 2.49. The molecule has 1 aliphatic rings. The van der Waals surface area contributed by atoms with Crippen LogP contribution >= 0.6 is 0 Å². The topological polar surface area (TPSA) is 58.6 Å². The van der Waals surface area contributed by atoms with Gasteiger partial charge in [0.1, 0.15) is 0 Å². The highest BCUT2D eigenvalue weighted by Crippen LogP contribution is 2.22. The molecule has 1 N–H and O–H groups in total. The normalized spacial score (nSPS) is 21.1. The maximum atomic E-state index is 12.7. The van der Waals surface area contributed by atoms with E-state index in [1.54, 1.807) is 6.07 Å². The highest BCUT2D eigenvalue weighted by atomic mass is 32.2. The van der Waals surface area contributed by atoms with Crippen molar-refractivity contribution >= 4 is 10.0 Å². The van der Waals surface area contributed by atoms with Crippen LogP contribution in [0.4, 0.5) is 0 Å². The third-order valence-corrected chi connectivity index (χ3v) is 5.51. The first-order valence-corrected chi connectivity index (χ1v) is 8.23. The predicted molar refractivity (Wildman–Crippen MR) is 78.3 cm³/mol. The molecule has 0 aromatic heterocycles. The summed E-state index contributed by atoms with van der Waals surface area (Å²) in [4.78, 5) is 0.396. The maximum absolute atomic E-state index is 12.7. The summed E-state index contributed by atoms with van der Waals surface area (Å²) >= 11 is 0. The van der Waals surface area contributed by atoms with Crippen molar-refractivity contribution in [2.75, 3.05) is 33.3 Å². The number of benzene rings is 1. The molecule has 5 nitrogen and oxygen atoms in total. The Morgan fingerprint density at radius 3 is 2.80 bits per heavy atom. The van der Waals surface area contributed by atoms with E-state index in [1.165, 1.54) is 4.31 Å². The van der Waals surface area contributed by atoms with Crippen LogP contribution in [0, 0.1) is 13.8 Å². The molecule has 1 unspecified atom stereocenters. The molecular formula is C14H22N2O3S. The van der Waals surface area contributed by atoms with Crippen LogP contribution in [0.1, 0.15) is 11.1 Å². The number of hydrogen-bond acceptors (Lipinski definition) is 4. The van der Waals surface area contributed by atoms with Crippen molar-refractivity contribution in [2.45, 2.75) is 24.8 Å². The number of nitrogens with zero attached hydrogens (tertiary/aromatic N) is 1. The number of nitrogens with one attached hydrogen (secondary N) is 1. The zero-order valence-corrected chi connectivity index (χ0v) is 13.0. The van der Waals surface area contributed by atoms with Crippen LogP contribution in [0.25, 0.3) is 0 Å². The molecule has 0 spiro atoms. The van der Waals surface area contributed by atoms with Crippen molar-refractivity contribution in [1.82, 2.24) is 9.62 Å². The van der Waals surface area contributed by atoms with Gasteiger partial charge in [-0.2, -0.15) is 4.31 Å². The summed E-state index contributed by atoms with van der Waals surface area (Å²) in [6, 6.07) is 5.44. The second kappa shape index (κ2) is 6.22. The minimum atomic E-state index is -3.44. The predicted octanol–water partition coefficient (Wildman–Crippen LogP) is 0.912. The van der Waals surface area contributed by atoms with Crippen molar-refractivity contribution in [3.05, 3.63) is 29.3 Å². The largest absolute Gasteiger partial charge is 0.374 e. The standard InChI is InChI=1S/C14H22N2O3S/c1-11-4-5-14(12(2)8-11)20(17,18)16-6-7-19-13(10-16)9-15-3/h4-5,8,13,15H,6-7,9-10H2,1-3H3. The van der Waals surface area contributed by atoms with Crippen LogP contribution in [0.3, 0.4) is 0 Å². The van der Waals surface area contributed by atoms with Gasteiger partial charge < -0.3 is 10.1 Å². The van der Waals surface area contributed by atoms with E-state index in [2.05, 4.69) is 5.32 Å². The first-order chi connectivity index (χ1) is 9.45. The molecule has 0 aliphatic carbocycles. The number of aryl methyl sites for hydroxylation is 2. The van der Waals surface area contributed by atoms with E-state index in [0.717, 1.165) is 11.1 Å². The molecule has 1 atom stereocenters. The molecular weight excluding hydrogens is 276 g/mol. The molecule has 0 bridgehead atoms. The molecule has 0 amide bonds. The lowest BCUT2D eigenvalue weighted by atomic mass is 10.2. The number of morpholine rings is 1. The quantitative estimate of drug-likeness (QED) is 0.898. The van der Waals surface area contributed by atoms with E-state index < -0.39 is 10.0 Å². The Labute approximate surface area is 121 Å². The van der Waals surface area contributed by atoms with Crippen LogP contribution in [-0.2, 0) is 14.8 Å². The fraction of sp³-hybridized carbons (Fsp3) is 0.571. The lowest BCUT2D eigenvalue weighted by molar-refractivity contribution is 0.000813. The number of ether oxygens (including phenoxy) is 1. The summed E-state index contributed by atoms with van der Waals surface area (Å²) in [7, 11) is -1.60. The van der Waals surface area contributed by atoms with Crippen LogP contribution < -0.4 is 5.32 Å². The van der Waals surface area contributed by atoms with E-state index in [4.69, 9.17) is 4.74 Å². The Balaban J connectivity index is 2.25. The Bertz CT molecular complexity index is 570. The smallest absolute Gasteiger partial charge is 0.243 e. The summed E-state index contributed by atoms with van der Waals surface area (Å²) in [5.74, 6) is 0. The van der Waals surface area contributed by atoms with Gasteiger partial charge in [-0.1, -0.05) is 17.7 Å². The summed E-state index contributed by atoms with van der Waals surface area (Å²) in [6.07, 6.45) is -0.0886. The minimum Gasteiger partial charge on any atom is -0.374 e. The van der Waals surface area contributed by atoms with Crippen molar-refractivity contribution in [1.29, 1.82) is 0 Å². The summed E-state index contributed by atoms with van der Waals surface area (Å²) < 4.78 is 32.5. The van der Waals surface area contributed by atoms with E-state index >= 15 is 0 Å². The minimum absolute atomic E-state index is 0.0886. The second-order valence-electron chi connectivity index (χ2n) is 5.18. The number of hydrogen-bond donors (Lipinski definition) is 1. The lowest BCUT2D eigenvalue weighted by Crippen LogP contribution is -2.48. The van der Waals surface area contributed by atoms with Gasteiger partial charge in [0.2, 0.25) is 10.0 Å². The van der Waals surface area contributed by atoms with Crippen LogP contribution in [-0.4, -0.2) is 52.1 Å². The van der Waals surface area contributed by atoms with Gasteiger partial charge in [0.15, 0.2) is 0 Å². The highest BCUT2D eigenvalue weighted by Gasteiger charge is 2.31. The fourth-order valence-corrected chi connectivity index (χ4v) is 4.15. The first kappa shape index (κ1) is 15.4. The molecule has 1 aromatic carbocycles. The highest BCUT2D eigenvalue weighted by molar-refractivity contribution is 7.89. The zero-order valence-electron chi connectivity index (χ0n) is 12.2. The molecule has 1 aromatic rings. The van der Waals surface area contributed by atoms with Crippen molar-refractivity contribution in [2.24, 2.45) is 0 Å².